The van der Waals surface area contributed by atoms with Gasteiger partial charge in [0.05, 0.1) is 35.2 Å². The molecule has 48 heavy (non-hydrogen) atoms. The molecule has 2 N–H and O–H groups in total. The van der Waals surface area contributed by atoms with Gasteiger partial charge < -0.3 is 15.2 Å². The van der Waals surface area contributed by atoms with Gasteiger partial charge in [-0.2, -0.15) is 5.26 Å². The smallest absolute Gasteiger partial charge is 0.0991 e. The van der Waals surface area contributed by atoms with E-state index in [2.05, 4.69) is 97.9 Å². The van der Waals surface area contributed by atoms with Gasteiger partial charge in [-0.15, -0.1) is 34.9 Å². The molecule has 0 fully saturated rings. The van der Waals surface area contributed by atoms with E-state index in [1.165, 1.54) is 16.7 Å². The molecule has 4 aromatic rings. The largest absolute Gasteiger partial charge is 0.393 e. The van der Waals surface area contributed by atoms with E-state index in [0.717, 1.165) is 76.1 Å². The van der Waals surface area contributed by atoms with Gasteiger partial charge in [0.2, 0.25) is 0 Å². The average Bonchev–Trinajstić information content (AvgIpc) is 3.01. The van der Waals surface area contributed by atoms with Crippen LogP contribution >= 0.6 is 0 Å². The van der Waals surface area contributed by atoms with Crippen LogP contribution in [0.5, 0.6) is 0 Å². The maximum atomic E-state index is 9.96. The number of hydrogen-bond donors (Lipinski definition) is 2. The summed E-state index contributed by atoms with van der Waals surface area (Å²) >= 11 is 0. The van der Waals surface area contributed by atoms with Crippen molar-refractivity contribution in [2.45, 2.75) is 114 Å². The number of aliphatic hydroxyl groups is 2. The molecule has 0 aliphatic carbocycles. The summed E-state index contributed by atoms with van der Waals surface area (Å²) in [6, 6.07) is 20.2. The molecule has 4 rings (SSSR count). The van der Waals surface area contributed by atoms with Crippen molar-refractivity contribution < 1.29 is 30.3 Å². The van der Waals surface area contributed by atoms with Crippen LogP contribution in [0, 0.1) is 70.8 Å². The summed E-state index contributed by atoms with van der Waals surface area (Å²) in [7, 11) is 0. The van der Waals surface area contributed by atoms with E-state index < -0.39 is 0 Å². The zero-order valence-electron chi connectivity index (χ0n) is 30.5. The second-order valence-electron chi connectivity index (χ2n) is 13.2. The van der Waals surface area contributed by atoms with Gasteiger partial charge in [0.1, 0.15) is 0 Å². The Hall–Kier alpha value is -3.20. The van der Waals surface area contributed by atoms with Crippen molar-refractivity contribution in [1.82, 2.24) is 9.97 Å². The molecular weight excluding hydrogens is 771 g/mol. The summed E-state index contributed by atoms with van der Waals surface area (Å²) < 4.78 is 0. The Bertz CT molecular complexity index is 1610. The Labute approximate surface area is 303 Å². The van der Waals surface area contributed by atoms with Gasteiger partial charge in [-0.1, -0.05) is 96.6 Å². The minimum absolute atomic E-state index is 0. The van der Waals surface area contributed by atoms with Crippen LogP contribution in [0.15, 0.2) is 48.7 Å². The summed E-state index contributed by atoms with van der Waals surface area (Å²) in [5.41, 5.74) is 12.8. The summed E-state index contributed by atoms with van der Waals surface area (Å²) in [5, 5.41) is 29.2. The van der Waals surface area contributed by atoms with Gasteiger partial charge in [0, 0.05) is 37.6 Å². The topological polar surface area (TPSA) is 90.0 Å². The normalized spacial score (nSPS) is 12.2. The van der Waals surface area contributed by atoms with Crippen molar-refractivity contribution in [1.29, 1.82) is 5.26 Å². The molecule has 0 aliphatic heterocycles. The molecule has 1 radical (unpaired) electrons. The van der Waals surface area contributed by atoms with Crippen LogP contribution in [-0.4, -0.2) is 32.4 Å². The molecule has 0 saturated carbocycles. The summed E-state index contributed by atoms with van der Waals surface area (Å²) in [6.45, 7) is 20.8. The molecule has 5 nitrogen and oxygen atoms in total. The molecule has 259 valence electrons. The van der Waals surface area contributed by atoms with E-state index in [9.17, 15) is 15.5 Å². The third-order valence-electron chi connectivity index (χ3n) is 9.26. The molecule has 2 atom stereocenters. The minimum atomic E-state index is -0.337. The van der Waals surface area contributed by atoms with Gasteiger partial charge in [-0.3, -0.25) is 4.98 Å². The molecule has 0 aliphatic rings. The standard InChI is InChI=1S/C29H26N3.C13H28O2.Ir/c1-17-7-18(2)10-24(9-17)28-29(25-11-19(3)8-20(4)12-25)32-26(16-31-28)27-21(5)13-23(15-30)14-22(27)6;1-5-10(6-2)12(14)9-13(15)11(7-3)8-4;/h7-9,11-14,16H,1-6H3;10-15H,5-9H2,1-4H3;/q-1;;. The Balaban J connectivity index is 0.000000427. The minimum Gasteiger partial charge on any atom is -0.393 e. The number of nitrogens with zero attached hydrogens (tertiary/aromatic N) is 3. The zero-order chi connectivity index (χ0) is 34.8. The van der Waals surface area contributed by atoms with Crippen LogP contribution in [0.1, 0.15) is 98.7 Å². The predicted molar refractivity (Wildman–Crippen MR) is 195 cm³/mol. The van der Waals surface area contributed by atoms with Crippen molar-refractivity contribution >= 4 is 0 Å². The second-order valence-corrected chi connectivity index (χ2v) is 13.2. The third-order valence-corrected chi connectivity index (χ3v) is 9.26. The van der Waals surface area contributed by atoms with Crippen molar-refractivity contribution in [2.75, 3.05) is 0 Å². The van der Waals surface area contributed by atoms with Crippen molar-refractivity contribution in [3.05, 3.63) is 93.7 Å². The van der Waals surface area contributed by atoms with Crippen LogP contribution in [0.25, 0.3) is 33.8 Å². The SMILES string of the molecule is CCC(CC)C(O)CC(O)C(CC)CC.Cc1[c-]c(-c2ncc(-c3c(C)cc(C#N)cc3C)nc2-c2cc(C)cc(C)c2)cc(C)c1.[Ir]. The number of aliphatic hydroxyl groups excluding tert-OH is 2. The van der Waals surface area contributed by atoms with E-state index in [-0.39, 0.29) is 32.3 Å². The summed E-state index contributed by atoms with van der Waals surface area (Å²) in [4.78, 5) is 10.1. The molecule has 0 amide bonds. The first-order valence-electron chi connectivity index (χ1n) is 17.2. The van der Waals surface area contributed by atoms with Gasteiger partial charge in [-0.05, 0) is 74.8 Å². The van der Waals surface area contributed by atoms with Crippen LogP contribution in [0.4, 0.5) is 0 Å². The maximum absolute atomic E-state index is 9.96. The van der Waals surface area contributed by atoms with Crippen LogP contribution in [0.3, 0.4) is 0 Å². The van der Waals surface area contributed by atoms with Crippen LogP contribution in [0.2, 0.25) is 0 Å². The first kappa shape index (κ1) is 41.0. The van der Waals surface area contributed by atoms with Gasteiger partial charge in [0.15, 0.2) is 0 Å². The molecule has 2 unspecified atom stereocenters. The number of aromatic nitrogens is 2. The van der Waals surface area contributed by atoms with Crippen molar-refractivity contribution in [2.24, 2.45) is 11.8 Å². The first-order valence-corrected chi connectivity index (χ1v) is 17.2. The molecule has 3 aromatic carbocycles. The fraction of sp³-hybridized carbons (Fsp3) is 0.452. The van der Waals surface area contributed by atoms with Gasteiger partial charge in [-0.25, -0.2) is 0 Å². The van der Waals surface area contributed by atoms with E-state index in [1.54, 1.807) is 0 Å². The fourth-order valence-electron chi connectivity index (χ4n) is 6.77. The first-order chi connectivity index (χ1) is 22.3. The van der Waals surface area contributed by atoms with E-state index >= 15 is 0 Å². The monoisotopic (exact) mass is 825 g/mol. The number of hydrogen-bond acceptors (Lipinski definition) is 5. The van der Waals surface area contributed by atoms with Gasteiger partial charge >= 0.3 is 0 Å². The predicted octanol–water partition coefficient (Wildman–Crippen LogP) is 9.97. The van der Waals surface area contributed by atoms with Crippen LogP contribution in [-0.2, 0) is 20.1 Å². The van der Waals surface area contributed by atoms with E-state index in [0.29, 0.717) is 23.8 Å². The summed E-state index contributed by atoms with van der Waals surface area (Å²) in [6.07, 6.45) is 5.68. The molecule has 1 heterocycles. The number of benzene rings is 3. The number of aryl methyl sites for hydroxylation is 6. The van der Waals surface area contributed by atoms with Crippen LogP contribution < -0.4 is 0 Å². The molecular formula is C42H54IrN3O2-. The van der Waals surface area contributed by atoms with Crippen molar-refractivity contribution in [3.63, 3.8) is 0 Å². The Morgan fingerprint density at radius 2 is 1.21 bits per heavy atom. The number of nitriles is 1. The van der Waals surface area contributed by atoms with E-state index in [1.807, 2.05) is 32.2 Å². The van der Waals surface area contributed by atoms with E-state index in [4.69, 9.17) is 9.97 Å². The average molecular weight is 825 g/mol. The van der Waals surface area contributed by atoms with Crippen molar-refractivity contribution in [3.8, 4) is 39.8 Å². The quantitative estimate of drug-likeness (QED) is 0.147. The Morgan fingerprint density at radius 3 is 1.67 bits per heavy atom. The molecule has 0 saturated heterocycles. The maximum Gasteiger partial charge on any atom is 0.0991 e. The molecule has 0 spiro atoms. The second kappa shape index (κ2) is 19.1. The van der Waals surface area contributed by atoms with Gasteiger partial charge in [0.25, 0.3) is 0 Å². The zero-order valence-corrected chi connectivity index (χ0v) is 32.9. The molecule has 1 aromatic heterocycles. The summed E-state index contributed by atoms with van der Waals surface area (Å²) in [5.74, 6) is 0.683. The molecule has 0 bridgehead atoms. The molecule has 6 heteroatoms. The fourth-order valence-corrected chi connectivity index (χ4v) is 6.77. The number of rotatable bonds is 11. The third kappa shape index (κ3) is 10.6. The Kier molecular flexibility index (Phi) is 16.3. The Morgan fingerprint density at radius 1 is 0.708 bits per heavy atom.